The van der Waals surface area contributed by atoms with Crippen molar-refractivity contribution in [1.29, 1.82) is 0 Å². The van der Waals surface area contributed by atoms with Gasteiger partial charge in [-0.2, -0.15) is 0 Å². The molecule has 5 nitrogen and oxygen atoms in total. The number of anilines is 1. The summed E-state index contributed by atoms with van der Waals surface area (Å²) in [5.41, 5.74) is 3.13. The van der Waals surface area contributed by atoms with Gasteiger partial charge in [-0.1, -0.05) is 18.2 Å². The maximum atomic E-state index is 12.2. The van der Waals surface area contributed by atoms with Gasteiger partial charge in [0, 0.05) is 44.0 Å². The Morgan fingerprint density at radius 1 is 1.08 bits per heavy atom. The molecule has 0 spiro atoms. The van der Waals surface area contributed by atoms with Gasteiger partial charge in [0.15, 0.2) is 0 Å². The second-order valence-corrected chi connectivity index (χ2v) is 6.69. The lowest BCUT2D eigenvalue weighted by molar-refractivity contribution is 0.0954. The molecule has 1 heterocycles. The van der Waals surface area contributed by atoms with Gasteiger partial charge in [0.25, 0.3) is 5.91 Å². The van der Waals surface area contributed by atoms with Gasteiger partial charge in [-0.05, 0) is 49.4 Å². The number of carbonyl (C=O) groups excluding carboxylic acids is 1. The van der Waals surface area contributed by atoms with Crippen LogP contribution >= 0.6 is 0 Å². The summed E-state index contributed by atoms with van der Waals surface area (Å²) in [5, 5.41) is 2.97. The molecule has 0 aromatic heterocycles. The predicted molar refractivity (Wildman–Crippen MR) is 105 cm³/mol. The number of amides is 1. The Balaban J connectivity index is 1.48. The van der Waals surface area contributed by atoms with E-state index in [0.717, 1.165) is 32.6 Å². The van der Waals surface area contributed by atoms with E-state index in [1.165, 1.54) is 11.3 Å². The zero-order valence-corrected chi connectivity index (χ0v) is 15.6. The molecule has 26 heavy (non-hydrogen) atoms. The van der Waals surface area contributed by atoms with E-state index in [1.54, 1.807) is 19.2 Å². The third-order valence-electron chi connectivity index (χ3n) is 4.84. The number of benzene rings is 2. The fraction of sp³-hybridized carbons (Fsp3) is 0.381. The van der Waals surface area contributed by atoms with Gasteiger partial charge in [0.1, 0.15) is 5.75 Å². The number of likely N-dealkylation sites (N-methyl/N-ethyl adjacent to an activating group) is 1. The molecule has 0 radical (unpaired) electrons. The SMILES string of the molecule is COc1cccc(C(=O)NCCc2ccc(N3CCN(C)CC3)cc2)c1. The Kier molecular flexibility index (Phi) is 6.12. The summed E-state index contributed by atoms with van der Waals surface area (Å²) in [6.45, 7) is 4.99. The van der Waals surface area contributed by atoms with Crippen LogP contribution in [0.4, 0.5) is 5.69 Å². The largest absolute Gasteiger partial charge is 0.497 e. The monoisotopic (exact) mass is 353 g/mol. The van der Waals surface area contributed by atoms with Crippen molar-refractivity contribution in [2.45, 2.75) is 6.42 Å². The molecule has 1 fully saturated rings. The van der Waals surface area contributed by atoms with Gasteiger partial charge in [-0.3, -0.25) is 4.79 Å². The van der Waals surface area contributed by atoms with Crippen molar-refractivity contribution in [3.8, 4) is 5.75 Å². The lowest BCUT2D eigenvalue weighted by atomic mass is 10.1. The molecule has 2 aromatic carbocycles. The van der Waals surface area contributed by atoms with Crippen LogP contribution in [-0.4, -0.2) is 57.7 Å². The van der Waals surface area contributed by atoms with Crippen LogP contribution in [0.15, 0.2) is 48.5 Å². The minimum absolute atomic E-state index is 0.0713. The van der Waals surface area contributed by atoms with Crippen molar-refractivity contribution in [3.05, 3.63) is 59.7 Å². The Bertz CT molecular complexity index is 722. The molecular weight excluding hydrogens is 326 g/mol. The van der Waals surface area contributed by atoms with Gasteiger partial charge in [-0.25, -0.2) is 0 Å². The van der Waals surface area contributed by atoms with Crippen LogP contribution in [0, 0.1) is 0 Å². The van der Waals surface area contributed by atoms with Crippen molar-refractivity contribution in [2.24, 2.45) is 0 Å². The fourth-order valence-electron chi connectivity index (χ4n) is 3.12. The third kappa shape index (κ3) is 4.76. The molecule has 1 aliphatic rings. The summed E-state index contributed by atoms with van der Waals surface area (Å²) in [7, 11) is 3.77. The summed E-state index contributed by atoms with van der Waals surface area (Å²) in [6, 6.07) is 15.9. The number of ether oxygens (including phenoxy) is 1. The molecule has 3 rings (SSSR count). The van der Waals surface area contributed by atoms with E-state index < -0.39 is 0 Å². The molecule has 0 atom stereocenters. The predicted octanol–water partition coefficient (Wildman–Crippen LogP) is 2.42. The number of rotatable bonds is 6. The number of hydrogen-bond donors (Lipinski definition) is 1. The number of piperazine rings is 1. The van der Waals surface area contributed by atoms with Crippen LogP contribution in [0.5, 0.6) is 5.75 Å². The first kappa shape index (κ1) is 18.3. The molecule has 0 saturated carbocycles. The minimum atomic E-state index is -0.0713. The number of hydrogen-bond acceptors (Lipinski definition) is 4. The fourth-order valence-corrected chi connectivity index (χ4v) is 3.12. The van der Waals surface area contributed by atoms with Crippen molar-refractivity contribution >= 4 is 11.6 Å². The Morgan fingerprint density at radius 3 is 2.50 bits per heavy atom. The van der Waals surface area contributed by atoms with Crippen LogP contribution in [0.2, 0.25) is 0 Å². The zero-order valence-electron chi connectivity index (χ0n) is 15.6. The molecule has 1 amide bonds. The second kappa shape index (κ2) is 8.72. The van der Waals surface area contributed by atoms with E-state index in [0.29, 0.717) is 17.9 Å². The van der Waals surface area contributed by atoms with Gasteiger partial charge >= 0.3 is 0 Å². The lowest BCUT2D eigenvalue weighted by Gasteiger charge is -2.34. The zero-order chi connectivity index (χ0) is 18.4. The average molecular weight is 353 g/mol. The van der Waals surface area contributed by atoms with Gasteiger partial charge in [0.2, 0.25) is 0 Å². The van der Waals surface area contributed by atoms with Crippen LogP contribution in [0.1, 0.15) is 15.9 Å². The van der Waals surface area contributed by atoms with Crippen LogP contribution in [0.3, 0.4) is 0 Å². The molecule has 5 heteroatoms. The summed E-state index contributed by atoms with van der Waals surface area (Å²) < 4.78 is 5.16. The van der Waals surface area contributed by atoms with Gasteiger partial charge in [0.05, 0.1) is 7.11 Å². The molecule has 1 aliphatic heterocycles. The third-order valence-corrected chi connectivity index (χ3v) is 4.84. The molecular formula is C21H27N3O2. The quantitative estimate of drug-likeness (QED) is 0.866. The first-order valence-electron chi connectivity index (χ1n) is 9.10. The van der Waals surface area contributed by atoms with Crippen molar-refractivity contribution < 1.29 is 9.53 Å². The molecule has 138 valence electrons. The summed E-state index contributed by atoms with van der Waals surface area (Å²) in [4.78, 5) is 17.0. The van der Waals surface area contributed by atoms with Crippen LogP contribution in [0.25, 0.3) is 0 Å². The van der Waals surface area contributed by atoms with E-state index >= 15 is 0 Å². The smallest absolute Gasteiger partial charge is 0.251 e. The summed E-state index contributed by atoms with van der Waals surface area (Å²) >= 11 is 0. The first-order chi connectivity index (χ1) is 12.7. The number of carbonyl (C=O) groups is 1. The van der Waals surface area contributed by atoms with E-state index in [1.807, 2.05) is 12.1 Å². The van der Waals surface area contributed by atoms with E-state index in [4.69, 9.17) is 4.74 Å². The highest BCUT2D eigenvalue weighted by molar-refractivity contribution is 5.94. The molecule has 1 saturated heterocycles. The maximum absolute atomic E-state index is 12.2. The Hall–Kier alpha value is -2.53. The minimum Gasteiger partial charge on any atom is -0.497 e. The van der Waals surface area contributed by atoms with Crippen LogP contribution < -0.4 is 15.0 Å². The molecule has 0 unspecified atom stereocenters. The number of nitrogens with one attached hydrogen (secondary N) is 1. The van der Waals surface area contributed by atoms with E-state index in [-0.39, 0.29) is 5.91 Å². The van der Waals surface area contributed by atoms with Crippen LogP contribution in [-0.2, 0) is 6.42 Å². The molecule has 0 aliphatic carbocycles. The molecule has 2 aromatic rings. The summed E-state index contributed by atoms with van der Waals surface area (Å²) in [5.74, 6) is 0.620. The number of methoxy groups -OCH3 is 1. The van der Waals surface area contributed by atoms with Crippen molar-refractivity contribution in [1.82, 2.24) is 10.2 Å². The standard InChI is InChI=1S/C21H27N3O2/c1-23-12-14-24(15-13-23)19-8-6-17(7-9-19)10-11-22-21(25)18-4-3-5-20(16-18)26-2/h3-9,16H,10-15H2,1-2H3,(H,22,25). The summed E-state index contributed by atoms with van der Waals surface area (Å²) in [6.07, 6.45) is 0.818. The van der Waals surface area contributed by atoms with Crippen molar-refractivity contribution in [3.63, 3.8) is 0 Å². The van der Waals surface area contributed by atoms with Gasteiger partial charge in [-0.15, -0.1) is 0 Å². The lowest BCUT2D eigenvalue weighted by Crippen LogP contribution is -2.44. The highest BCUT2D eigenvalue weighted by Crippen LogP contribution is 2.17. The highest BCUT2D eigenvalue weighted by Gasteiger charge is 2.14. The van der Waals surface area contributed by atoms with E-state index in [9.17, 15) is 4.79 Å². The topological polar surface area (TPSA) is 44.8 Å². The Labute approximate surface area is 155 Å². The van der Waals surface area contributed by atoms with Gasteiger partial charge < -0.3 is 19.9 Å². The first-order valence-corrected chi connectivity index (χ1v) is 9.10. The average Bonchev–Trinajstić information content (AvgIpc) is 2.69. The van der Waals surface area contributed by atoms with E-state index in [2.05, 4.69) is 46.4 Å². The number of nitrogens with zero attached hydrogens (tertiary/aromatic N) is 2. The molecule has 0 bridgehead atoms. The van der Waals surface area contributed by atoms with Crippen molar-refractivity contribution in [2.75, 3.05) is 51.8 Å². The Morgan fingerprint density at radius 2 is 1.81 bits per heavy atom. The second-order valence-electron chi connectivity index (χ2n) is 6.69. The normalized spacial score (nSPS) is 14.9. The molecule has 1 N–H and O–H groups in total. The maximum Gasteiger partial charge on any atom is 0.251 e. The highest BCUT2D eigenvalue weighted by atomic mass is 16.5.